The highest BCUT2D eigenvalue weighted by Gasteiger charge is 2.28. The Morgan fingerprint density at radius 2 is 2.07 bits per heavy atom. The monoisotopic (exact) mass is 406 g/mol. The number of aliphatic hydroxyl groups excluding tert-OH is 2. The molecular weight excluding hydrogens is 380 g/mol. The Labute approximate surface area is 170 Å². The van der Waals surface area contributed by atoms with Crippen molar-refractivity contribution in [1.82, 2.24) is 9.97 Å². The maximum Gasteiger partial charge on any atom is 0.229 e. The summed E-state index contributed by atoms with van der Waals surface area (Å²) in [6, 6.07) is 7.72. The van der Waals surface area contributed by atoms with Gasteiger partial charge in [-0.3, -0.25) is 0 Å². The van der Waals surface area contributed by atoms with E-state index in [-0.39, 0.29) is 19.3 Å². The van der Waals surface area contributed by atoms with Gasteiger partial charge in [0.05, 0.1) is 13.3 Å². The number of hydrogen-bond acceptors (Lipinski definition) is 8. The van der Waals surface area contributed by atoms with Crippen molar-refractivity contribution in [2.75, 3.05) is 53.4 Å². The van der Waals surface area contributed by atoms with Gasteiger partial charge in [-0.05, 0) is 38.5 Å². The Morgan fingerprint density at radius 1 is 1.25 bits per heavy atom. The molecule has 0 aliphatic carbocycles. The zero-order valence-corrected chi connectivity index (χ0v) is 16.9. The molecule has 0 saturated heterocycles. The van der Waals surface area contributed by atoms with Crippen molar-refractivity contribution >= 4 is 40.6 Å². The minimum absolute atomic E-state index is 0.0188. The predicted molar refractivity (Wildman–Crippen MR) is 114 cm³/mol. The lowest BCUT2D eigenvalue weighted by Crippen LogP contribution is -2.32. The molecule has 0 saturated carbocycles. The number of halogens is 1. The van der Waals surface area contributed by atoms with Gasteiger partial charge in [0.25, 0.3) is 0 Å². The first-order valence-electron chi connectivity index (χ1n) is 9.45. The maximum absolute atomic E-state index is 9.45. The van der Waals surface area contributed by atoms with E-state index >= 15 is 0 Å². The molecule has 2 aromatic rings. The standard InChI is InChI=1S/C19H27ClN6O2/c1-13(2)26-12-21-16-17(22-15-6-3-5-14(20)11-15)23-19(24-18(16)26)25(8-10-28)7-4-9-27/h3,5-6,11,13,21,27-28H,4,7-10,12H2,1-2H3,(H,22,23,24). The third-order valence-electron chi connectivity index (χ3n) is 4.53. The first-order chi connectivity index (χ1) is 13.5. The van der Waals surface area contributed by atoms with Gasteiger partial charge in [0.1, 0.15) is 5.69 Å². The van der Waals surface area contributed by atoms with Gasteiger partial charge in [-0.2, -0.15) is 9.97 Å². The summed E-state index contributed by atoms with van der Waals surface area (Å²) in [6.07, 6.45) is 0.573. The largest absolute Gasteiger partial charge is 0.396 e. The van der Waals surface area contributed by atoms with Gasteiger partial charge in [-0.25, -0.2) is 0 Å². The lowest BCUT2D eigenvalue weighted by Gasteiger charge is -2.25. The number of hydrogen-bond donors (Lipinski definition) is 4. The van der Waals surface area contributed by atoms with Crippen LogP contribution in [0.3, 0.4) is 0 Å². The molecule has 0 bridgehead atoms. The first-order valence-corrected chi connectivity index (χ1v) is 9.83. The normalized spacial score (nSPS) is 12.9. The van der Waals surface area contributed by atoms with E-state index in [4.69, 9.17) is 21.6 Å². The number of aromatic nitrogens is 2. The maximum atomic E-state index is 9.45. The van der Waals surface area contributed by atoms with Crippen LogP contribution in [0.4, 0.5) is 29.0 Å². The van der Waals surface area contributed by atoms with Crippen molar-refractivity contribution in [2.24, 2.45) is 0 Å². The molecule has 1 aliphatic rings. The van der Waals surface area contributed by atoms with E-state index in [1.165, 1.54) is 0 Å². The van der Waals surface area contributed by atoms with Crippen LogP contribution in [0.2, 0.25) is 5.02 Å². The molecule has 0 unspecified atom stereocenters. The molecule has 3 rings (SSSR count). The molecule has 0 radical (unpaired) electrons. The number of nitrogens with one attached hydrogen (secondary N) is 2. The Morgan fingerprint density at radius 3 is 2.75 bits per heavy atom. The molecule has 2 heterocycles. The van der Waals surface area contributed by atoms with E-state index in [1.54, 1.807) is 0 Å². The van der Waals surface area contributed by atoms with E-state index in [9.17, 15) is 10.2 Å². The van der Waals surface area contributed by atoms with E-state index < -0.39 is 0 Å². The first kappa shape index (κ1) is 20.4. The minimum atomic E-state index is -0.0188. The molecule has 28 heavy (non-hydrogen) atoms. The average Bonchev–Trinajstić information content (AvgIpc) is 3.09. The van der Waals surface area contributed by atoms with Gasteiger partial charge >= 0.3 is 0 Å². The highest BCUT2D eigenvalue weighted by Crippen LogP contribution is 2.39. The number of benzene rings is 1. The van der Waals surface area contributed by atoms with Gasteiger partial charge in [0, 0.05) is 36.4 Å². The SMILES string of the molecule is CC(C)N1CNc2c(Nc3cccc(Cl)c3)nc(N(CCO)CCCO)nc21. The molecule has 1 aliphatic heterocycles. The quantitative estimate of drug-likeness (QED) is 0.504. The third-order valence-corrected chi connectivity index (χ3v) is 4.76. The molecule has 4 N–H and O–H groups in total. The summed E-state index contributed by atoms with van der Waals surface area (Å²) in [6.45, 7) is 5.87. The summed E-state index contributed by atoms with van der Waals surface area (Å²) >= 11 is 6.12. The number of fused-ring (bicyclic) bond motifs is 1. The molecule has 1 aromatic carbocycles. The van der Waals surface area contributed by atoms with Crippen molar-refractivity contribution in [2.45, 2.75) is 26.3 Å². The van der Waals surface area contributed by atoms with Gasteiger partial charge in [0.15, 0.2) is 11.6 Å². The van der Waals surface area contributed by atoms with Crippen LogP contribution >= 0.6 is 11.6 Å². The average molecular weight is 407 g/mol. The summed E-state index contributed by atoms with van der Waals surface area (Å²) in [7, 11) is 0. The van der Waals surface area contributed by atoms with Crippen molar-refractivity contribution in [3.8, 4) is 0 Å². The van der Waals surface area contributed by atoms with Gasteiger partial charge in [0.2, 0.25) is 5.95 Å². The molecule has 152 valence electrons. The van der Waals surface area contributed by atoms with Crippen LogP contribution in [0.5, 0.6) is 0 Å². The summed E-state index contributed by atoms with van der Waals surface area (Å²) in [5, 5.41) is 26.0. The summed E-state index contributed by atoms with van der Waals surface area (Å²) in [5.74, 6) is 1.98. The van der Waals surface area contributed by atoms with Crippen LogP contribution in [0.25, 0.3) is 0 Å². The summed E-state index contributed by atoms with van der Waals surface area (Å²) in [4.78, 5) is 13.5. The van der Waals surface area contributed by atoms with E-state index in [0.717, 1.165) is 17.2 Å². The summed E-state index contributed by atoms with van der Waals surface area (Å²) in [5.41, 5.74) is 1.66. The third kappa shape index (κ3) is 4.57. The fourth-order valence-electron chi connectivity index (χ4n) is 3.10. The predicted octanol–water partition coefficient (Wildman–Crippen LogP) is 2.65. The van der Waals surface area contributed by atoms with Crippen molar-refractivity contribution in [3.05, 3.63) is 29.3 Å². The molecule has 0 fully saturated rings. The number of rotatable bonds is 9. The van der Waals surface area contributed by atoms with Crippen LogP contribution in [0.15, 0.2) is 24.3 Å². The fraction of sp³-hybridized carbons (Fsp3) is 0.474. The lowest BCUT2D eigenvalue weighted by molar-refractivity contribution is 0.280. The topological polar surface area (TPSA) is 96.8 Å². The zero-order chi connectivity index (χ0) is 20.1. The van der Waals surface area contributed by atoms with Gasteiger partial charge in [-0.1, -0.05) is 17.7 Å². The molecule has 0 atom stereocenters. The number of anilines is 5. The summed E-state index contributed by atoms with van der Waals surface area (Å²) < 4.78 is 0. The van der Waals surface area contributed by atoms with Crippen molar-refractivity contribution < 1.29 is 10.2 Å². The van der Waals surface area contributed by atoms with E-state index in [2.05, 4.69) is 29.4 Å². The van der Waals surface area contributed by atoms with Crippen LogP contribution in [-0.2, 0) is 0 Å². The van der Waals surface area contributed by atoms with Crippen LogP contribution < -0.4 is 20.4 Å². The zero-order valence-electron chi connectivity index (χ0n) is 16.2. The Balaban J connectivity index is 2.02. The lowest BCUT2D eigenvalue weighted by atomic mass is 10.3. The second-order valence-electron chi connectivity index (χ2n) is 6.89. The van der Waals surface area contributed by atoms with E-state index in [0.29, 0.717) is 43.0 Å². The molecule has 8 nitrogen and oxygen atoms in total. The van der Waals surface area contributed by atoms with Crippen molar-refractivity contribution in [3.63, 3.8) is 0 Å². The van der Waals surface area contributed by atoms with Crippen molar-refractivity contribution in [1.29, 1.82) is 0 Å². The number of nitrogens with zero attached hydrogens (tertiary/aromatic N) is 4. The van der Waals surface area contributed by atoms with Crippen LogP contribution in [0, 0.1) is 0 Å². The molecule has 1 aromatic heterocycles. The fourth-order valence-corrected chi connectivity index (χ4v) is 3.29. The van der Waals surface area contributed by atoms with Gasteiger partial charge in [-0.15, -0.1) is 0 Å². The van der Waals surface area contributed by atoms with Gasteiger partial charge < -0.3 is 30.6 Å². The Hall–Kier alpha value is -2.29. The highest BCUT2D eigenvalue weighted by atomic mass is 35.5. The molecule has 9 heteroatoms. The second-order valence-corrected chi connectivity index (χ2v) is 7.33. The van der Waals surface area contributed by atoms with Crippen LogP contribution in [0.1, 0.15) is 20.3 Å². The highest BCUT2D eigenvalue weighted by molar-refractivity contribution is 6.30. The number of aliphatic hydroxyl groups is 2. The molecular formula is C19H27ClN6O2. The minimum Gasteiger partial charge on any atom is -0.396 e. The Bertz CT molecular complexity index is 804. The van der Waals surface area contributed by atoms with E-state index in [1.807, 2.05) is 29.2 Å². The molecule has 0 spiro atoms. The second kappa shape index (κ2) is 9.27. The smallest absolute Gasteiger partial charge is 0.229 e. The van der Waals surface area contributed by atoms with Crippen LogP contribution in [-0.4, -0.2) is 59.2 Å². The Kier molecular flexibility index (Phi) is 6.77. The molecule has 0 amide bonds.